The molecule has 17 heavy (non-hydrogen) atoms. The van der Waals surface area contributed by atoms with Crippen LogP contribution >= 0.6 is 11.3 Å². The number of hydrogen-bond donors (Lipinski definition) is 1. The lowest BCUT2D eigenvalue weighted by molar-refractivity contribution is 0.109. The van der Waals surface area contributed by atoms with Crippen molar-refractivity contribution in [1.82, 2.24) is 4.98 Å². The van der Waals surface area contributed by atoms with Gasteiger partial charge >= 0.3 is 0 Å². The van der Waals surface area contributed by atoms with Gasteiger partial charge in [0.05, 0.1) is 17.2 Å². The summed E-state index contributed by atoms with van der Waals surface area (Å²) >= 11 is 1.52. The van der Waals surface area contributed by atoms with E-state index in [4.69, 9.17) is 4.74 Å². The third-order valence-corrected chi connectivity index (χ3v) is 4.21. The van der Waals surface area contributed by atoms with Gasteiger partial charge in [-0.2, -0.15) is 0 Å². The third kappa shape index (κ3) is 1.56. The Bertz CT molecular complexity index is 575. The summed E-state index contributed by atoms with van der Waals surface area (Å²) in [6.45, 7) is 4.04. The van der Waals surface area contributed by atoms with E-state index in [1.165, 1.54) is 11.3 Å². The van der Waals surface area contributed by atoms with E-state index in [0.717, 1.165) is 26.9 Å². The highest BCUT2D eigenvalue weighted by molar-refractivity contribution is 7.12. The molecule has 0 unspecified atom stereocenters. The number of aliphatic hydroxyl groups excluding tert-OH is 1. The molecule has 0 bridgehead atoms. The molecule has 0 aliphatic carbocycles. The molecule has 3 rings (SSSR count). The van der Waals surface area contributed by atoms with Crippen molar-refractivity contribution < 1.29 is 9.84 Å². The van der Waals surface area contributed by atoms with E-state index in [0.29, 0.717) is 0 Å². The van der Waals surface area contributed by atoms with E-state index in [2.05, 4.69) is 4.98 Å². The monoisotopic (exact) mass is 247 g/mol. The van der Waals surface area contributed by atoms with E-state index < -0.39 is 0 Å². The summed E-state index contributed by atoms with van der Waals surface area (Å²) in [5.41, 5.74) is 1.58. The first-order chi connectivity index (χ1) is 8.12. The predicted octanol–water partition coefficient (Wildman–Crippen LogP) is 2.93. The number of aromatic nitrogens is 1. The first-order valence-electron chi connectivity index (χ1n) is 5.51. The Labute approximate surface area is 104 Å². The molecule has 2 aromatic rings. The Kier molecular flexibility index (Phi) is 2.24. The number of benzene rings is 1. The molecular weight excluding hydrogens is 234 g/mol. The van der Waals surface area contributed by atoms with Crippen LogP contribution in [0.5, 0.6) is 5.75 Å². The highest BCUT2D eigenvalue weighted by Crippen LogP contribution is 2.46. The van der Waals surface area contributed by atoms with Crippen LogP contribution in [-0.2, 0) is 12.2 Å². The molecule has 4 heteroatoms. The van der Waals surface area contributed by atoms with E-state index in [1.807, 2.05) is 38.1 Å². The fourth-order valence-electron chi connectivity index (χ4n) is 2.10. The minimum atomic E-state index is -0.380. The molecule has 0 atom stereocenters. The van der Waals surface area contributed by atoms with Crippen molar-refractivity contribution in [2.75, 3.05) is 0 Å². The molecule has 2 heterocycles. The number of aliphatic hydroxyl groups is 1. The quantitative estimate of drug-likeness (QED) is 0.842. The standard InChI is InChI=1S/C13H13NO2S/c1-13(2)12-11(14-10(7-15)17-12)8-5-3-4-6-9(8)16-13/h3-6,15H,7H2,1-2H3. The van der Waals surface area contributed by atoms with Crippen LogP contribution in [0.3, 0.4) is 0 Å². The fourth-order valence-corrected chi connectivity index (χ4v) is 3.07. The molecule has 0 fully saturated rings. The number of ether oxygens (including phenoxy) is 1. The van der Waals surface area contributed by atoms with Crippen molar-refractivity contribution in [2.24, 2.45) is 0 Å². The van der Waals surface area contributed by atoms with E-state index in [1.54, 1.807) is 0 Å². The summed E-state index contributed by atoms with van der Waals surface area (Å²) in [5, 5.41) is 9.95. The normalized spacial score (nSPS) is 15.9. The molecule has 1 aromatic heterocycles. The van der Waals surface area contributed by atoms with Gasteiger partial charge in [-0.15, -0.1) is 11.3 Å². The van der Waals surface area contributed by atoms with Crippen molar-refractivity contribution in [3.63, 3.8) is 0 Å². The predicted molar refractivity (Wildman–Crippen MR) is 67.1 cm³/mol. The lowest BCUT2D eigenvalue weighted by Gasteiger charge is -2.31. The molecule has 0 amide bonds. The SMILES string of the molecule is CC1(C)Oc2ccccc2-c2nc(CO)sc21. The molecule has 88 valence electrons. The minimum absolute atomic E-state index is 0.0179. The minimum Gasteiger partial charge on any atom is -0.482 e. The summed E-state index contributed by atoms with van der Waals surface area (Å²) in [6, 6.07) is 7.89. The number of thiazole rings is 1. The topological polar surface area (TPSA) is 42.4 Å². The van der Waals surface area contributed by atoms with Crippen molar-refractivity contribution >= 4 is 11.3 Å². The Morgan fingerprint density at radius 3 is 2.88 bits per heavy atom. The molecular formula is C13H13NO2S. The van der Waals surface area contributed by atoms with Crippen molar-refractivity contribution in [2.45, 2.75) is 26.1 Å². The molecule has 1 N–H and O–H groups in total. The molecule has 1 aliphatic rings. The van der Waals surface area contributed by atoms with E-state index >= 15 is 0 Å². The van der Waals surface area contributed by atoms with Crippen LogP contribution in [0.15, 0.2) is 24.3 Å². The summed E-state index contributed by atoms with van der Waals surface area (Å²) in [4.78, 5) is 5.58. The first-order valence-corrected chi connectivity index (χ1v) is 6.33. The van der Waals surface area contributed by atoms with Gasteiger partial charge in [0.25, 0.3) is 0 Å². The van der Waals surface area contributed by atoms with Crippen LogP contribution in [0.1, 0.15) is 23.7 Å². The number of nitrogens with zero attached hydrogens (tertiary/aromatic N) is 1. The average molecular weight is 247 g/mol. The van der Waals surface area contributed by atoms with Crippen LogP contribution in [0.4, 0.5) is 0 Å². The van der Waals surface area contributed by atoms with Gasteiger partial charge in [-0.05, 0) is 26.0 Å². The lowest BCUT2D eigenvalue weighted by Crippen LogP contribution is -2.27. The molecule has 1 aliphatic heterocycles. The molecule has 0 radical (unpaired) electrons. The smallest absolute Gasteiger partial charge is 0.140 e. The molecule has 0 spiro atoms. The Morgan fingerprint density at radius 2 is 2.12 bits per heavy atom. The van der Waals surface area contributed by atoms with Crippen LogP contribution in [0.25, 0.3) is 11.3 Å². The maximum Gasteiger partial charge on any atom is 0.140 e. The summed E-state index contributed by atoms with van der Waals surface area (Å²) in [6.07, 6.45) is 0. The van der Waals surface area contributed by atoms with Gasteiger partial charge in [-0.3, -0.25) is 0 Å². The van der Waals surface area contributed by atoms with Gasteiger partial charge in [-0.1, -0.05) is 12.1 Å². The Hall–Kier alpha value is -1.39. The number of fused-ring (bicyclic) bond motifs is 3. The highest BCUT2D eigenvalue weighted by atomic mass is 32.1. The van der Waals surface area contributed by atoms with Crippen LogP contribution in [-0.4, -0.2) is 10.1 Å². The highest BCUT2D eigenvalue weighted by Gasteiger charge is 2.35. The Morgan fingerprint density at radius 1 is 1.35 bits per heavy atom. The number of para-hydroxylation sites is 1. The van der Waals surface area contributed by atoms with Gasteiger partial charge < -0.3 is 9.84 Å². The number of rotatable bonds is 1. The lowest BCUT2D eigenvalue weighted by atomic mass is 9.97. The second-order valence-corrected chi connectivity index (χ2v) is 5.64. The second kappa shape index (κ2) is 3.55. The fraction of sp³-hybridized carbons (Fsp3) is 0.308. The Balaban J connectivity index is 2.27. The number of hydrogen-bond acceptors (Lipinski definition) is 4. The van der Waals surface area contributed by atoms with Gasteiger partial charge in [0.1, 0.15) is 16.4 Å². The van der Waals surface area contributed by atoms with Gasteiger partial charge in [0, 0.05) is 5.56 Å². The maximum atomic E-state index is 9.21. The first kappa shape index (κ1) is 10.7. The average Bonchev–Trinajstić information content (AvgIpc) is 2.74. The molecule has 0 saturated carbocycles. The molecule has 1 aromatic carbocycles. The van der Waals surface area contributed by atoms with Crippen LogP contribution in [0.2, 0.25) is 0 Å². The largest absolute Gasteiger partial charge is 0.482 e. The molecule has 0 saturated heterocycles. The summed E-state index contributed by atoms with van der Waals surface area (Å²) in [5.74, 6) is 0.861. The second-order valence-electron chi connectivity index (χ2n) is 4.55. The van der Waals surface area contributed by atoms with Gasteiger partial charge in [0.15, 0.2) is 0 Å². The third-order valence-electron chi connectivity index (χ3n) is 2.86. The van der Waals surface area contributed by atoms with E-state index in [-0.39, 0.29) is 12.2 Å². The van der Waals surface area contributed by atoms with Gasteiger partial charge in [-0.25, -0.2) is 4.98 Å². The van der Waals surface area contributed by atoms with Crippen LogP contribution < -0.4 is 4.74 Å². The van der Waals surface area contributed by atoms with Crippen molar-refractivity contribution in [3.05, 3.63) is 34.2 Å². The van der Waals surface area contributed by atoms with Crippen molar-refractivity contribution in [3.8, 4) is 17.0 Å². The summed E-state index contributed by atoms with van der Waals surface area (Å²) < 4.78 is 5.99. The zero-order chi connectivity index (χ0) is 12.0. The summed E-state index contributed by atoms with van der Waals surface area (Å²) in [7, 11) is 0. The zero-order valence-electron chi connectivity index (χ0n) is 9.73. The van der Waals surface area contributed by atoms with Crippen LogP contribution in [0, 0.1) is 0 Å². The van der Waals surface area contributed by atoms with Crippen molar-refractivity contribution in [1.29, 1.82) is 0 Å². The van der Waals surface area contributed by atoms with E-state index in [9.17, 15) is 5.11 Å². The molecule has 3 nitrogen and oxygen atoms in total. The zero-order valence-corrected chi connectivity index (χ0v) is 10.5. The maximum absolute atomic E-state index is 9.21. The van der Waals surface area contributed by atoms with Gasteiger partial charge in [0.2, 0.25) is 0 Å².